The average molecular weight is 440 g/mol. The molecule has 0 spiro atoms. The van der Waals surface area contributed by atoms with E-state index in [2.05, 4.69) is 10.0 Å². The molecular weight excluding hydrogens is 415 g/mol. The molecule has 0 bridgehead atoms. The third kappa shape index (κ3) is 6.22. The van der Waals surface area contributed by atoms with E-state index in [9.17, 15) is 17.8 Å². The summed E-state index contributed by atoms with van der Waals surface area (Å²) in [6.45, 7) is 4.85. The molecule has 0 aliphatic carbocycles. The predicted octanol–water partition coefficient (Wildman–Crippen LogP) is 3.89. The quantitative estimate of drug-likeness (QED) is 0.543. The fourth-order valence-corrected chi connectivity index (χ4v) is 6.26. The minimum absolute atomic E-state index is 0.0490. The van der Waals surface area contributed by atoms with Gasteiger partial charge in [-0.1, -0.05) is 30.3 Å². The van der Waals surface area contributed by atoms with Gasteiger partial charge in [-0.05, 0) is 43.7 Å². The fraction of sp³-hybridized carbons (Fsp3) is 0.316. The third-order valence-electron chi connectivity index (χ3n) is 3.80. The summed E-state index contributed by atoms with van der Waals surface area (Å²) < 4.78 is 52.6. The molecule has 10 heteroatoms. The molecule has 0 radical (unpaired) electrons. The molecule has 0 saturated carbocycles. The van der Waals surface area contributed by atoms with Gasteiger partial charge >= 0.3 is 7.60 Å². The number of nitrogens with one attached hydrogen (secondary N) is 2. The number of carbonyl (C=O) groups is 1. The highest BCUT2D eigenvalue weighted by molar-refractivity contribution is 7.89. The lowest BCUT2D eigenvalue weighted by Gasteiger charge is -2.27. The summed E-state index contributed by atoms with van der Waals surface area (Å²) in [6.07, 6.45) is 0. The first-order valence-electron chi connectivity index (χ1n) is 9.05. The Morgan fingerprint density at radius 1 is 1.00 bits per heavy atom. The predicted molar refractivity (Wildman–Crippen MR) is 111 cm³/mol. The summed E-state index contributed by atoms with van der Waals surface area (Å²) in [7, 11) is -7.91. The van der Waals surface area contributed by atoms with E-state index in [0.717, 1.165) is 0 Å². The van der Waals surface area contributed by atoms with Gasteiger partial charge in [0.15, 0.2) is 0 Å². The molecule has 0 saturated heterocycles. The van der Waals surface area contributed by atoms with E-state index in [0.29, 0.717) is 11.3 Å². The van der Waals surface area contributed by atoms with Crippen LogP contribution in [0.15, 0.2) is 59.5 Å². The van der Waals surface area contributed by atoms with Crippen LogP contribution in [0, 0.1) is 0 Å². The van der Waals surface area contributed by atoms with Gasteiger partial charge < -0.3 is 14.4 Å². The largest absolute Gasteiger partial charge is 0.352 e. The minimum Gasteiger partial charge on any atom is -0.326 e. The molecule has 0 aromatic heterocycles. The van der Waals surface area contributed by atoms with Crippen molar-refractivity contribution in [1.82, 2.24) is 4.72 Å². The number of sulfonamides is 1. The Hall–Kier alpha value is -2.03. The van der Waals surface area contributed by atoms with Crippen molar-refractivity contribution in [3.63, 3.8) is 0 Å². The molecule has 29 heavy (non-hydrogen) atoms. The maximum Gasteiger partial charge on any atom is 0.352 e. The van der Waals surface area contributed by atoms with Gasteiger partial charge in [0.1, 0.15) is 5.78 Å². The van der Waals surface area contributed by atoms with Crippen molar-refractivity contribution < 1.29 is 26.8 Å². The highest BCUT2D eigenvalue weighted by atomic mass is 32.2. The van der Waals surface area contributed by atoms with Crippen molar-refractivity contribution in [3.8, 4) is 0 Å². The van der Waals surface area contributed by atoms with Crippen LogP contribution in [0.3, 0.4) is 0 Å². The van der Waals surface area contributed by atoms with Gasteiger partial charge in [-0.25, -0.2) is 8.42 Å². The van der Waals surface area contributed by atoms with Gasteiger partial charge in [-0.2, -0.15) is 4.72 Å². The molecule has 2 aromatic carbocycles. The number of anilines is 1. The smallest absolute Gasteiger partial charge is 0.326 e. The number of amides is 1. The Balaban J connectivity index is 2.41. The van der Waals surface area contributed by atoms with Gasteiger partial charge in [-0.15, -0.1) is 0 Å². The van der Waals surface area contributed by atoms with Crippen molar-refractivity contribution in [1.29, 1.82) is 0 Å². The second-order valence-electron chi connectivity index (χ2n) is 6.02. The van der Waals surface area contributed by atoms with E-state index < -0.39 is 23.4 Å². The second-order valence-corrected chi connectivity index (χ2v) is 9.84. The topological polar surface area (TPSA) is 111 Å². The lowest BCUT2D eigenvalue weighted by atomic mass is 10.2. The lowest BCUT2D eigenvalue weighted by Crippen LogP contribution is -2.30. The van der Waals surface area contributed by atoms with Crippen LogP contribution in [0.25, 0.3) is 0 Å². The summed E-state index contributed by atoms with van der Waals surface area (Å²) in [4.78, 5) is 11.1. The molecule has 1 amide bonds. The summed E-state index contributed by atoms with van der Waals surface area (Å²) >= 11 is 0. The number of hydrogen-bond acceptors (Lipinski definition) is 6. The van der Waals surface area contributed by atoms with Gasteiger partial charge in [0.05, 0.1) is 18.1 Å². The van der Waals surface area contributed by atoms with Crippen LogP contribution >= 0.6 is 7.60 Å². The molecule has 1 atom stereocenters. The van der Waals surface area contributed by atoms with E-state index in [1.165, 1.54) is 31.2 Å². The summed E-state index contributed by atoms with van der Waals surface area (Å²) in [5.41, 5.74) is 0.918. The van der Waals surface area contributed by atoms with Gasteiger partial charge in [-0.3, -0.25) is 9.36 Å². The first-order chi connectivity index (χ1) is 13.7. The van der Waals surface area contributed by atoms with Crippen LogP contribution in [-0.2, 0) is 28.4 Å². The summed E-state index contributed by atoms with van der Waals surface area (Å²) in [6, 6.07) is 14.1. The van der Waals surface area contributed by atoms with Gasteiger partial charge in [0.25, 0.3) is 0 Å². The fourth-order valence-electron chi connectivity index (χ4n) is 2.63. The molecular formula is C19H25N2O6PS. The van der Waals surface area contributed by atoms with E-state index in [-0.39, 0.29) is 24.0 Å². The molecule has 0 fully saturated rings. The Bertz CT molecular complexity index is 954. The summed E-state index contributed by atoms with van der Waals surface area (Å²) in [5.74, 6) is -1.49. The Morgan fingerprint density at radius 2 is 1.55 bits per heavy atom. The zero-order valence-electron chi connectivity index (χ0n) is 16.5. The Morgan fingerprint density at radius 3 is 2.03 bits per heavy atom. The van der Waals surface area contributed by atoms with Crippen molar-refractivity contribution >= 4 is 29.2 Å². The zero-order chi connectivity index (χ0) is 21.5. The maximum atomic E-state index is 13.4. The SMILES string of the molecule is CCOP(=O)(OCC)C(NS(=O)(=O)c1ccc(NC(C)=O)cc1)c1ccccc1. The van der Waals surface area contributed by atoms with Crippen LogP contribution in [0.2, 0.25) is 0 Å². The number of hydrogen-bond donors (Lipinski definition) is 2. The average Bonchev–Trinajstić information content (AvgIpc) is 2.67. The molecule has 158 valence electrons. The summed E-state index contributed by atoms with van der Waals surface area (Å²) in [5, 5.41) is 2.57. The highest BCUT2D eigenvalue weighted by Crippen LogP contribution is 2.59. The number of benzene rings is 2. The van der Waals surface area contributed by atoms with Crippen LogP contribution in [0.1, 0.15) is 32.1 Å². The molecule has 2 aromatic rings. The van der Waals surface area contributed by atoms with E-state index >= 15 is 0 Å². The van der Waals surface area contributed by atoms with Crippen molar-refractivity contribution in [3.05, 3.63) is 60.2 Å². The number of carbonyl (C=O) groups excluding carboxylic acids is 1. The normalized spacial score (nSPS) is 13.1. The van der Waals surface area contributed by atoms with Crippen LogP contribution < -0.4 is 10.0 Å². The Labute approximate surface area is 171 Å². The Kier molecular flexibility index (Phi) is 8.13. The third-order valence-corrected chi connectivity index (χ3v) is 7.71. The zero-order valence-corrected chi connectivity index (χ0v) is 18.2. The van der Waals surface area contributed by atoms with E-state index in [4.69, 9.17) is 9.05 Å². The first-order valence-corrected chi connectivity index (χ1v) is 12.1. The van der Waals surface area contributed by atoms with Crippen molar-refractivity contribution in [2.45, 2.75) is 31.4 Å². The highest BCUT2D eigenvalue weighted by Gasteiger charge is 2.40. The van der Waals surface area contributed by atoms with Crippen LogP contribution in [0.4, 0.5) is 5.69 Å². The maximum absolute atomic E-state index is 13.4. The number of rotatable bonds is 10. The van der Waals surface area contributed by atoms with Crippen molar-refractivity contribution in [2.75, 3.05) is 18.5 Å². The molecule has 8 nitrogen and oxygen atoms in total. The van der Waals surface area contributed by atoms with E-state index in [1.54, 1.807) is 44.2 Å². The van der Waals surface area contributed by atoms with Gasteiger partial charge in [0.2, 0.25) is 15.9 Å². The van der Waals surface area contributed by atoms with Gasteiger partial charge in [0, 0.05) is 12.6 Å². The van der Waals surface area contributed by atoms with Crippen LogP contribution in [0.5, 0.6) is 0 Å². The lowest BCUT2D eigenvalue weighted by molar-refractivity contribution is -0.114. The monoisotopic (exact) mass is 440 g/mol. The molecule has 0 aliphatic rings. The molecule has 0 aliphatic heterocycles. The van der Waals surface area contributed by atoms with E-state index in [1.807, 2.05) is 0 Å². The minimum atomic E-state index is -4.07. The van der Waals surface area contributed by atoms with Crippen molar-refractivity contribution in [2.24, 2.45) is 0 Å². The molecule has 2 rings (SSSR count). The molecule has 2 N–H and O–H groups in total. The molecule has 0 heterocycles. The standard InChI is InChI=1S/C19H25N2O6PS/c1-4-26-28(23,27-5-2)19(16-9-7-6-8-10-16)21-29(24,25)18-13-11-17(12-14-18)20-15(3)22/h6-14,19,21H,4-5H2,1-3H3,(H,20,22). The first kappa shape index (κ1) is 23.3. The molecule has 1 unspecified atom stereocenters. The second kappa shape index (κ2) is 10.1. The van der Waals surface area contributed by atoms with Crippen LogP contribution in [-0.4, -0.2) is 27.5 Å².